The maximum atomic E-state index is 5.95. The van der Waals surface area contributed by atoms with E-state index in [1.165, 1.54) is 0 Å². The van der Waals surface area contributed by atoms with Crippen molar-refractivity contribution in [2.24, 2.45) is 0 Å². The molecular formula is C11H13BrN4O. The highest BCUT2D eigenvalue weighted by molar-refractivity contribution is 9.10. The molecule has 2 rings (SSSR count). The van der Waals surface area contributed by atoms with Gasteiger partial charge in [-0.1, -0.05) is 0 Å². The van der Waals surface area contributed by atoms with Gasteiger partial charge >= 0.3 is 0 Å². The number of ether oxygens (including phenoxy) is 1. The van der Waals surface area contributed by atoms with Gasteiger partial charge < -0.3 is 10.5 Å². The third-order valence-electron chi connectivity index (χ3n) is 2.41. The molecule has 17 heavy (non-hydrogen) atoms. The van der Waals surface area contributed by atoms with E-state index >= 15 is 0 Å². The van der Waals surface area contributed by atoms with Crippen LogP contribution in [0.5, 0.6) is 0 Å². The first-order chi connectivity index (χ1) is 8.24. The molecule has 0 aromatic carbocycles. The van der Waals surface area contributed by atoms with Gasteiger partial charge in [0, 0.05) is 30.8 Å². The summed E-state index contributed by atoms with van der Waals surface area (Å²) >= 11 is 3.47. The topological polar surface area (TPSA) is 66.0 Å². The van der Waals surface area contributed by atoms with Crippen molar-refractivity contribution in [3.63, 3.8) is 0 Å². The molecule has 0 unspecified atom stereocenters. The van der Waals surface area contributed by atoms with Crippen molar-refractivity contribution in [1.29, 1.82) is 0 Å². The van der Waals surface area contributed by atoms with E-state index in [0.29, 0.717) is 18.8 Å². The van der Waals surface area contributed by atoms with Crippen molar-refractivity contribution < 1.29 is 4.74 Å². The third kappa shape index (κ3) is 2.48. The van der Waals surface area contributed by atoms with E-state index in [0.717, 1.165) is 15.7 Å². The molecule has 2 aromatic rings. The summed E-state index contributed by atoms with van der Waals surface area (Å²) in [7, 11) is 1.66. The third-order valence-corrected chi connectivity index (χ3v) is 2.99. The van der Waals surface area contributed by atoms with Crippen LogP contribution in [0.4, 0.5) is 5.69 Å². The van der Waals surface area contributed by atoms with Gasteiger partial charge in [0.25, 0.3) is 0 Å². The zero-order valence-corrected chi connectivity index (χ0v) is 11.0. The van der Waals surface area contributed by atoms with Gasteiger partial charge in [0.2, 0.25) is 0 Å². The molecule has 5 nitrogen and oxygen atoms in total. The van der Waals surface area contributed by atoms with Crippen LogP contribution >= 0.6 is 15.9 Å². The fraction of sp³-hybridized carbons (Fsp3) is 0.273. The van der Waals surface area contributed by atoms with Gasteiger partial charge in [-0.2, -0.15) is 5.10 Å². The number of pyridine rings is 1. The summed E-state index contributed by atoms with van der Waals surface area (Å²) < 4.78 is 7.80. The lowest BCUT2D eigenvalue weighted by Crippen LogP contribution is -2.08. The van der Waals surface area contributed by atoms with Gasteiger partial charge in [-0.15, -0.1) is 0 Å². The summed E-state index contributed by atoms with van der Waals surface area (Å²) in [4.78, 5) is 4.09. The molecule has 0 fully saturated rings. The Balaban J connectivity index is 2.44. The molecular weight excluding hydrogens is 284 g/mol. The van der Waals surface area contributed by atoms with Crippen LogP contribution < -0.4 is 5.73 Å². The van der Waals surface area contributed by atoms with Crippen molar-refractivity contribution in [3.8, 4) is 11.3 Å². The van der Waals surface area contributed by atoms with Crippen LogP contribution in [0.2, 0.25) is 0 Å². The Kier molecular flexibility index (Phi) is 3.75. The minimum Gasteiger partial charge on any atom is -0.398 e. The predicted octanol–water partition coefficient (Wildman–Crippen LogP) is 1.94. The summed E-state index contributed by atoms with van der Waals surface area (Å²) in [5.74, 6) is 0. The van der Waals surface area contributed by atoms with Crippen LogP contribution in [0, 0.1) is 0 Å². The van der Waals surface area contributed by atoms with Gasteiger partial charge in [0.15, 0.2) is 0 Å². The number of halogens is 1. The Morgan fingerprint density at radius 2 is 2.29 bits per heavy atom. The first kappa shape index (κ1) is 12.1. The molecule has 2 heterocycles. The molecule has 2 N–H and O–H groups in total. The Hall–Kier alpha value is -1.40. The second kappa shape index (κ2) is 5.29. The highest BCUT2D eigenvalue weighted by Crippen LogP contribution is 2.31. The highest BCUT2D eigenvalue weighted by Gasteiger charge is 2.13. The van der Waals surface area contributed by atoms with Crippen molar-refractivity contribution in [2.45, 2.75) is 6.54 Å². The van der Waals surface area contributed by atoms with E-state index in [1.54, 1.807) is 31.8 Å². The van der Waals surface area contributed by atoms with Crippen LogP contribution in [0.1, 0.15) is 0 Å². The van der Waals surface area contributed by atoms with Crippen LogP contribution in [0.25, 0.3) is 11.3 Å². The summed E-state index contributed by atoms with van der Waals surface area (Å²) in [5.41, 5.74) is 8.42. The van der Waals surface area contributed by atoms with E-state index in [4.69, 9.17) is 10.5 Å². The standard InChI is InChI=1S/C11H13BrN4O/c1-17-5-4-16-11(9(12)7-15-16)8-6-14-3-2-10(8)13/h2-3,6-7H,4-5H2,1H3,(H2,13,14). The monoisotopic (exact) mass is 296 g/mol. The number of rotatable bonds is 4. The molecule has 0 aliphatic heterocycles. The van der Waals surface area contributed by atoms with Crippen LogP contribution in [-0.2, 0) is 11.3 Å². The van der Waals surface area contributed by atoms with E-state index in [1.807, 2.05) is 4.68 Å². The van der Waals surface area contributed by atoms with Gasteiger partial charge in [-0.3, -0.25) is 9.67 Å². The second-order valence-corrected chi connectivity index (χ2v) is 4.37. The number of aromatic nitrogens is 3. The summed E-state index contributed by atoms with van der Waals surface area (Å²) in [6, 6.07) is 1.77. The number of nitrogens with zero attached hydrogens (tertiary/aromatic N) is 3. The number of hydrogen-bond acceptors (Lipinski definition) is 4. The normalized spacial score (nSPS) is 10.7. The quantitative estimate of drug-likeness (QED) is 0.936. The molecule has 0 aliphatic rings. The maximum Gasteiger partial charge on any atom is 0.0861 e. The molecule has 0 radical (unpaired) electrons. The Bertz CT molecular complexity index is 512. The minimum atomic E-state index is 0.598. The maximum absolute atomic E-state index is 5.95. The van der Waals surface area contributed by atoms with Gasteiger partial charge in [-0.25, -0.2) is 0 Å². The number of hydrogen-bond donors (Lipinski definition) is 1. The zero-order valence-electron chi connectivity index (χ0n) is 9.43. The van der Waals surface area contributed by atoms with Crippen molar-refractivity contribution in [2.75, 3.05) is 19.5 Å². The van der Waals surface area contributed by atoms with Gasteiger partial charge in [0.05, 0.1) is 29.5 Å². The molecule has 0 aliphatic carbocycles. The average Bonchev–Trinajstić information content (AvgIpc) is 2.69. The molecule has 6 heteroatoms. The van der Waals surface area contributed by atoms with Crippen molar-refractivity contribution in [3.05, 3.63) is 29.1 Å². The average molecular weight is 297 g/mol. The van der Waals surface area contributed by atoms with Crippen molar-refractivity contribution >= 4 is 21.6 Å². The van der Waals surface area contributed by atoms with Gasteiger partial charge in [-0.05, 0) is 22.0 Å². The smallest absolute Gasteiger partial charge is 0.0861 e. The van der Waals surface area contributed by atoms with E-state index in [-0.39, 0.29) is 0 Å². The lowest BCUT2D eigenvalue weighted by Gasteiger charge is -2.09. The second-order valence-electron chi connectivity index (χ2n) is 3.52. The first-order valence-corrected chi connectivity index (χ1v) is 5.93. The van der Waals surface area contributed by atoms with Gasteiger partial charge in [0.1, 0.15) is 0 Å². The molecule has 0 bridgehead atoms. The molecule has 0 saturated heterocycles. The Morgan fingerprint density at radius 1 is 1.47 bits per heavy atom. The van der Waals surface area contributed by atoms with Crippen LogP contribution in [-0.4, -0.2) is 28.5 Å². The minimum absolute atomic E-state index is 0.598. The number of nitrogens with two attached hydrogens (primary N) is 1. The SMILES string of the molecule is COCCn1ncc(Br)c1-c1cnccc1N. The lowest BCUT2D eigenvalue weighted by atomic mass is 10.2. The summed E-state index contributed by atoms with van der Waals surface area (Å²) in [5, 5.41) is 4.28. The fourth-order valence-corrected chi connectivity index (χ4v) is 2.09. The number of methoxy groups -OCH3 is 1. The summed E-state index contributed by atoms with van der Waals surface area (Å²) in [6.45, 7) is 1.27. The van der Waals surface area contributed by atoms with Crippen LogP contribution in [0.15, 0.2) is 29.1 Å². The number of nitrogen functional groups attached to an aromatic ring is 1. The van der Waals surface area contributed by atoms with Crippen molar-refractivity contribution in [1.82, 2.24) is 14.8 Å². The Labute approximate surface area is 108 Å². The molecule has 0 atom stereocenters. The zero-order chi connectivity index (χ0) is 12.3. The lowest BCUT2D eigenvalue weighted by molar-refractivity contribution is 0.184. The van der Waals surface area contributed by atoms with E-state index in [2.05, 4.69) is 26.0 Å². The molecule has 0 spiro atoms. The highest BCUT2D eigenvalue weighted by atomic mass is 79.9. The largest absolute Gasteiger partial charge is 0.398 e. The van der Waals surface area contributed by atoms with E-state index in [9.17, 15) is 0 Å². The molecule has 90 valence electrons. The van der Waals surface area contributed by atoms with Crippen LogP contribution in [0.3, 0.4) is 0 Å². The molecule has 2 aromatic heterocycles. The number of anilines is 1. The summed E-state index contributed by atoms with van der Waals surface area (Å²) in [6.07, 6.45) is 5.15. The molecule has 0 amide bonds. The predicted molar refractivity (Wildman–Crippen MR) is 69.4 cm³/mol. The molecule has 0 saturated carbocycles. The first-order valence-electron chi connectivity index (χ1n) is 5.14. The fourth-order valence-electron chi connectivity index (χ4n) is 1.58. The Morgan fingerprint density at radius 3 is 3.00 bits per heavy atom. The van der Waals surface area contributed by atoms with E-state index < -0.39 is 0 Å².